The molecule has 1 unspecified atom stereocenters. The van der Waals surface area contributed by atoms with E-state index in [-0.39, 0.29) is 11.8 Å². The van der Waals surface area contributed by atoms with Crippen LogP contribution in [0.3, 0.4) is 0 Å². The van der Waals surface area contributed by atoms with E-state index in [4.69, 9.17) is 4.74 Å². The lowest BCUT2D eigenvalue weighted by atomic mass is 9.96. The van der Waals surface area contributed by atoms with Crippen LogP contribution in [0.4, 0.5) is 0 Å². The van der Waals surface area contributed by atoms with Gasteiger partial charge in [-0.25, -0.2) is 0 Å². The van der Waals surface area contributed by atoms with E-state index in [9.17, 15) is 4.79 Å². The number of methoxy groups -OCH3 is 1. The average molecular weight is 432 g/mol. The van der Waals surface area contributed by atoms with Gasteiger partial charge in [0.2, 0.25) is 5.91 Å². The van der Waals surface area contributed by atoms with Crippen LogP contribution in [-0.4, -0.2) is 38.1 Å². The number of nitrogens with zero attached hydrogens (tertiary/aromatic N) is 1. The second kappa shape index (κ2) is 9.38. The van der Waals surface area contributed by atoms with E-state index in [1.54, 1.807) is 7.11 Å². The van der Waals surface area contributed by atoms with E-state index in [2.05, 4.69) is 34.1 Å². The number of nitrogens with one attached hydrogen (secondary N) is 1. The van der Waals surface area contributed by atoms with Crippen molar-refractivity contribution < 1.29 is 14.4 Å². The van der Waals surface area contributed by atoms with Crippen molar-refractivity contribution in [1.82, 2.24) is 4.90 Å². The first kappa shape index (κ1) is 19.9. The average Bonchev–Trinajstić information content (AvgIpc) is 2.68. The number of hydrogen-bond acceptors (Lipinski definition) is 2. The van der Waals surface area contributed by atoms with Crippen LogP contribution >= 0.6 is 15.9 Å². The molecule has 144 valence electrons. The van der Waals surface area contributed by atoms with Crippen LogP contribution in [0.5, 0.6) is 5.75 Å². The van der Waals surface area contributed by atoms with Crippen LogP contribution < -0.4 is 9.64 Å². The molecule has 2 aromatic carbocycles. The van der Waals surface area contributed by atoms with Crippen LogP contribution in [0.15, 0.2) is 53.0 Å². The first-order valence-electron chi connectivity index (χ1n) is 9.51. The smallest absolute Gasteiger partial charge is 0.231 e. The van der Waals surface area contributed by atoms with E-state index in [1.165, 1.54) is 16.0 Å². The van der Waals surface area contributed by atoms with Crippen molar-refractivity contribution in [3.63, 3.8) is 0 Å². The van der Waals surface area contributed by atoms with E-state index in [0.29, 0.717) is 6.54 Å². The molecule has 1 amide bonds. The van der Waals surface area contributed by atoms with Crippen LogP contribution in [0.2, 0.25) is 0 Å². The van der Waals surface area contributed by atoms with Crippen molar-refractivity contribution >= 4 is 21.8 Å². The fourth-order valence-electron chi connectivity index (χ4n) is 3.92. The summed E-state index contributed by atoms with van der Waals surface area (Å²) in [7, 11) is 3.63. The summed E-state index contributed by atoms with van der Waals surface area (Å²) >= 11 is 3.55. The molecule has 0 radical (unpaired) electrons. The Hall–Kier alpha value is -1.85. The van der Waals surface area contributed by atoms with Gasteiger partial charge in [-0.05, 0) is 36.6 Å². The Morgan fingerprint density at radius 2 is 2.04 bits per heavy atom. The quantitative estimate of drug-likeness (QED) is 0.762. The SMILES string of the molecule is COc1ccc(Br)cc1C[NH+]1CCC[C@H](C(=O)N(C)Cc2ccccc2)C1. The number of amides is 1. The minimum absolute atomic E-state index is 0.0978. The van der Waals surface area contributed by atoms with Gasteiger partial charge >= 0.3 is 0 Å². The fourth-order valence-corrected chi connectivity index (χ4v) is 4.33. The Labute approximate surface area is 170 Å². The highest BCUT2D eigenvalue weighted by Gasteiger charge is 2.31. The van der Waals surface area contributed by atoms with Crippen LogP contribution in [0, 0.1) is 5.92 Å². The first-order valence-corrected chi connectivity index (χ1v) is 10.3. The highest BCUT2D eigenvalue weighted by molar-refractivity contribution is 9.10. The fraction of sp³-hybridized carbons (Fsp3) is 0.409. The number of halogens is 1. The molecule has 1 saturated heterocycles. The zero-order chi connectivity index (χ0) is 19.2. The maximum atomic E-state index is 13.0. The van der Waals surface area contributed by atoms with E-state index in [1.807, 2.05) is 42.3 Å². The highest BCUT2D eigenvalue weighted by Crippen LogP contribution is 2.22. The molecule has 4 nitrogen and oxygen atoms in total. The molecule has 1 N–H and O–H groups in total. The molecule has 0 aliphatic carbocycles. The minimum Gasteiger partial charge on any atom is -0.496 e. The third-order valence-corrected chi connectivity index (χ3v) is 5.78. The molecule has 0 saturated carbocycles. The summed E-state index contributed by atoms with van der Waals surface area (Å²) in [6.45, 7) is 3.54. The number of piperidine rings is 1. The van der Waals surface area contributed by atoms with E-state index in [0.717, 1.165) is 42.7 Å². The Bertz CT molecular complexity index is 766. The molecule has 27 heavy (non-hydrogen) atoms. The van der Waals surface area contributed by atoms with Gasteiger partial charge in [0.1, 0.15) is 12.3 Å². The summed E-state index contributed by atoms with van der Waals surface area (Å²) in [5, 5.41) is 0. The second-order valence-corrected chi connectivity index (χ2v) is 8.27. The van der Waals surface area contributed by atoms with Gasteiger partial charge in [0, 0.05) is 23.6 Å². The third kappa shape index (κ3) is 5.33. The monoisotopic (exact) mass is 431 g/mol. The molecular weight excluding hydrogens is 404 g/mol. The molecule has 1 aliphatic heterocycles. The van der Waals surface area contributed by atoms with Crippen molar-refractivity contribution in [2.75, 3.05) is 27.2 Å². The van der Waals surface area contributed by atoms with Crippen molar-refractivity contribution in [2.45, 2.75) is 25.9 Å². The van der Waals surface area contributed by atoms with Crippen molar-refractivity contribution in [3.8, 4) is 5.75 Å². The summed E-state index contributed by atoms with van der Waals surface area (Å²) in [4.78, 5) is 16.3. The molecular formula is C22H28BrN2O2+. The maximum absolute atomic E-state index is 13.0. The molecule has 3 rings (SSSR count). The predicted octanol–water partition coefficient (Wildman–Crippen LogP) is 2.91. The summed E-state index contributed by atoms with van der Waals surface area (Å²) in [6, 6.07) is 16.3. The molecule has 2 atom stereocenters. The summed E-state index contributed by atoms with van der Waals surface area (Å²) in [5.41, 5.74) is 2.36. The highest BCUT2D eigenvalue weighted by atomic mass is 79.9. The summed E-state index contributed by atoms with van der Waals surface area (Å²) in [5.74, 6) is 1.28. The first-order chi connectivity index (χ1) is 13.1. The molecule has 5 heteroatoms. The molecule has 1 fully saturated rings. The lowest BCUT2D eigenvalue weighted by Crippen LogP contribution is -3.12. The number of benzene rings is 2. The van der Waals surface area contributed by atoms with E-state index >= 15 is 0 Å². The summed E-state index contributed by atoms with van der Waals surface area (Å²) in [6.07, 6.45) is 2.07. The normalized spacial score (nSPS) is 19.5. The van der Waals surface area contributed by atoms with Crippen LogP contribution in [-0.2, 0) is 17.9 Å². The Morgan fingerprint density at radius 1 is 1.26 bits per heavy atom. The predicted molar refractivity (Wildman–Crippen MR) is 111 cm³/mol. The van der Waals surface area contributed by atoms with Gasteiger partial charge in [0.05, 0.1) is 26.1 Å². The van der Waals surface area contributed by atoms with E-state index < -0.39 is 0 Å². The second-order valence-electron chi connectivity index (χ2n) is 7.36. The number of rotatable bonds is 6. The number of carbonyl (C=O) groups excluding carboxylic acids is 1. The summed E-state index contributed by atoms with van der Waals surface area (Å²) < 4.78 is 6.57. The molecule has 0 spiro atoms. The van der Waals surface area contributed by atoms with Gasteiger partial charge < -0.3 is 14.5 Å². The number of hydrogen-bond donors (Lipinski definition) is 1. The maximum Gasteiger partial charge on any atom is 0.231 e. The van der Waals surface area contributed by atoms with Gasteiger partial charge in [-0.1, -0.05) is 46.3 Å². The minimum atomic E-state index is 0.0978. The molecule has 0 bridgehead atoms. The topological polar surface area (TPSA) is 34.0 Å². The van der Waals surface area contributed by atoms with Gasteiger partial charge in [-0.15, -0.1) is 0 Å². The Morgan fingerprint density at radius 3 is 2.78 bits per heavy atom. The lowest BCUT2D eigenvalue weighted by Gasteiger charge is -2.32. The largest absolute Gasteiger partial charge is 0.496 e. The molecule has 0 aromatic heterocycles. The Kier molecular flexibility index (Phi) is 6.91. The van der Waals surface area contributed by atoms with Gasteiger partial charge in [0.15, 0.2) is 0 Å². The van der Waals surface area contributed by atoms with Gasteiger partial charge in [-0.3, -0.25) is 4.79 Å². The molecule has 1 heterocycles. The molecule has 2 aromatic rings. The van der Waals surface area contributed by atoms with Crippen LogP contribution in [0.25, 0.3) is 0 Å². The number of quaternary nitrogens is 1. The van der Waals surface area contributed by atoms with Crippen LogP contribution in [0.1, 0.15) is 24.0 Å². The van der Waals surface area contributed by atoms with Gasteiger partial charge in [0.25, 0.3) is 0 Å². The zero-order valence-electron chi connectivity index (χ0n) is 16.1. The number of likely N-dealkylation sites (tertiary alicyclic amines) is 1. The molecule has 1 aliphatic rings. The number of carbonyl (C=O) groups is 1. The zero-order valence-corrected chi connectivity index (χ0v) is 17.7. The standard InChI is InChI=1S/C22H27BrN2O2/c1-24(14-17-7-4-3-5-8-17)22(26)18-9-6-12-25(15-18)16-19-13-20(23)10-11-21(19)27-2/h3-5,7-8,10-11,13,18H,6,9,12,14-16H2,1-2H3/p+1/t18-/m0/s1. The van der Waals surface area contributed by atoms with Crippen molar-refractivity contribution in [1.29, 1.82) is 0 Å². The van der Waals surface area contributed by atoms with Gasteiger partial charge in [-0.2, -0.15) is 0 Å². The third-order valence-electron chi connectivity index (χ3n) is 5.29. The van der Waals surface area contributed by atoms with Crippen molar-refractivity contribution in [2.24, 2.45) is 5.92 Å². The van der Waals surface area contributed by atoms with Crippen molar-refractivity contribution in [3.05, 3.63) is 64.1 Å². The number of ether oxygens (including phenoxy) is 1. The lowest BCUT2D eigenvalue weighted by molar-refractivity contribution is -0.921. The Balaban J connectivity index is 1.62.